The predicted molar refractivity (Wildman–Crippen MR) is 278 cm³/mol. The number of hydrogen-bond acceptors (Lipinski definition) is 12. The van der Waals surface area contributed by atoms with E-state index >= 15 is 0 Å². The van der Waals surface area contributed by atoms with Crippen LogP contribution in [-0.4, -0.2) is 81.7 Å². The lowest BCUT2D eigenvalue weighted by molar-refractivity contribution is -0.443. The van der Waals surface area contributed by atoms with Crippen LogP contribution in [0.4, 0.5) is 0 Å². The quantitative estimate of drug-likeness (QED) is 0.0361. The fourth-order valence-electron chi connectivity index (χ4n) is 9.07. The minimum Gasteiger partial charge on any atom is -0.374 e. The Balaban J connectivity index is 1.01. The molecule has 0 spiro atoms. The summed E-state index contributed by atoms with van der Waals surface area (Å²) in [6.45, 7) is 1.98. The van der Waals surface area contributed by atoms with E-state index in [-0.39, 0.29) is 46.2 Å². The Labute approximate surface area is 434 Å². The summed E-state index contributed by atoms with van der Waals surface area (Å²) in [7, 11) is 1.59. The highest BCUT2D eigenvalue weighted by atomic mass is 17.2. The van der Waals surface area contributed by atoms with Crippen LogP contribution in [0.25, 0.3) is 0 Å². The van der Waals surface area contributed by atoms with Crippen molar-refractivity contribution in [2.24, 2.45) is 0 Å². The van der Waals surface area contributed by atoms with E-state index in [1.54, 1.807) is 7.11 Å². The molecule has 10 atom stereocenters. The Morgan fingerprint density at radius 3 is 0.905 bits per heavy atom. The van der Waals surface area contributed by atoms with Crippen LogP contribution in [0, 0.1) is 0 Å². The van der Waals surface area contributed by atoms with Crippen LogP contribution >= 0.6 is 0 Å². The predicted octanol–water partition coefficient (Wildman–Crippen LogP) is 10.8. The largest absolute Gasteiger partial charge is 0.374 e. The third-order valence-corrected chi connectivity index (χ3v) is 12.9. The van der Waals surface area contributed by atoms with Gasteiger partial charge in [0, 0.05) is 7.11 Å². The molecular formula is C62H66O12. The van der Waals surface area contributed by atoms with Gasteiger partial charge < -0.3 is 47.4 Å². The van der Waals surface area contributed by atoms with E-state index in [1.807, 2.05) is 212 Å². The zero-order chi connectivity index (χ0) is 50.4. The highest BCUT2D eigenvalue weighted by molar-refractivity contribution is 5.19. The molecule has 9 rings (SSSR count). The van der Waals surface area contributed by atoms with Crippen LogP contribution in [-0.2, 0) is 103 Å². The van der Waals surface area contributed by atoms with Gasteiger partial charge in [-0.15, -0.1) is 0 Å². The van der Waals surface area contributed by atoms with E-state index in [0.717, 1.165) is 38.9 Å². The van der Waals surface area contributed by atoms with Gasteiger partial charge in [0.15, 0.2) is 6.29 Å². The maximum Gasteiger partial charge on any atom is 0.220 e. The van der Waals surface area contributed by atoms with Gasteiger partial charge in [0.1, 0.15) is 55.4 Å². The molecule has 2 aliphatic rings. The minimum atomic E-state index is -1.14. The second-order valence-corrected chi connectivity index (χ2v) is 18.3. The molecule has 2 heterocycles. The standard InChI is InChI=1S/C62H66O12/c1-63-61-59(69-42-51-33-19-7-20-34-51)57(67-40-49-29-15-5-16-30-49)56(66-39-48-27-13-4-14-28-48)54(72-61)45-71-74-62-60(70-43-52-35-21-8-22-36-52)58(68-41-50-31-17-6-18-32-50)55(65-38-47-25-11-3-12-26-47)53(73-62)44-64-37-46-23-9-2-10-24-46/h2-36,53-62H,37-45H2,1H3/t53-,54-,55-,56-,57+,58+,59-,60+,61+,62?/m1/s1. The van der Waals surface area contributed by atoms with Gasteiger partial charge in [-0.25, -0.2) is 9.78 Å². The van der Waals surface area contributed by atoms with E-state index in [9.17, 15) is 0 Å². The lowest BCUT2D eigenvalue weighted by Crippen LogP contribution is -2.62. The van der Waals surface area contributed by atoms with Crippen molar-refractivity contribution in [3.05, 3.63) is 251 Å². The summed E-state index contributed by atoms with van der Waals surface area (Å²) in [6, 6.07) is 69.9. The lowest BCUT2D eigenvalue weighted by Gasteiger charge is -2.46. The van der Waals surface area contributed by atoms with Crippen LogP contribution in [0.15, 0.2) is 212 Å². The average molecular weight is 1000 g/mol. The second-order valence-electron chi connectivity index (χ2n) is 18.3. The van der Waals surface area contributed by atoms with Crippen LogP contribution in [0.5, 0.6) is 0 Å². The highest BCUT2D eigenvalue weighted by Crippen LogP contribution is 2.34. The summed E-state index contributed by atoms with van der Waals surface area (Å²) in [5.74, 6) is 0. The van der Waals surface area contributed by atoms with Crippen molar-refractivity contribution in [1.82, 2.24) is 0 Å². The number of rotatable bonds is 27. The monoisotopic (exact) mass is 1000 g/mol. The molecule has 386 valence electrons. The summed E-state index contributed by atoms with van der Waals surface area (Å²) in [4.78, 5) is 12.8. The van der Waals surface area contributed by atoms with Crippen LogP contribution in [0.3, 0.4) is 0 Å². The summed E-state index contributed by atoms with van der Waals surface area (Å²) < 4.78 is 67.2. The molecule has 0 aliphatic carbocycles. The number of hydrogen-bond donors (Lipinski definition) is 0. The molecule has 7 aromatic rings. The van der Waals surface area contributed by atoms with Crippen molar-refractivity contribution in [3.8, 4) is 0 Å². The fourth-order valence-corrected chi connectivity index (χ4v) is 9.07. The molecule has 2 fully saturated rings. The van der Waals surface area contributed by atoms with Crippen molar-refractivity contribution < 1.29 is 57.1 Å². The Hall–Kier alpha value is -5.94. The van der Waals surface area contributed by atoms with Gasteiger partial charge in [-0.3, -0.25) is 0 Å². The van der Waals surface area contributed by atoms with Gasteiger partial charge in [0.25, 0.3) is 0 Å². The first kappa shape index (κ1) is 52.9. The number of methoxy groups -OCH3 is 1. The molecule has 12 nitrogen and oxygen atoms in total. The molecule has 0 aromatic heterocycles. The normalized spacial score (nSPS) is 23.9. The van der Waals surface area contributed by atoms with Crippen molar-refractivity contribution in [2.45, 2.75) is 108 Å². The molecule has 1 unspecified atom stereocenters. The maximum absolute atomic E-state index is 6.94. The Bertz CT molecular complexity index is 2580. The van der Waals surface area contributed by atoms with Crippen molar-refractivity contribution in [1.29, 1.82) is 0 Å². The molecule has 0 radical (unpaired) electrons. The van der Waals surface area contributed by atoms with E-state index in [2.05, 4.69) is 0 Å². The van der Waals surface area contributed by atoms with Crippen molar-refractivity contribution in [2.75, 3.05) is 20.3 Å². The van der Waals surface area contributed by atoms with Gasteiger partial charge in [0.2, 0.25) is 6.29 Å². The molecule has 7 aromatic carbocycles. The van der Waals surface area contributed by atoms with Crippen molar-refractivity contribution >= 4 is 0 Å². The molecule has 0 bridgehead atoms. The van der Waals surface area contributed by atoms with E-state index in [4.69, 9.17) is 57.1 Å². The average Bonchev–Trinajstić information content (AvgIpc) is 3.46. The van der Waals surface area contributed by atoms with Gasteiger partial charge in [-0.05, 0) is 38.9 Å². The van der Waals surface area contributed by atoms with Crippen LogP contribution < -0.4 is 0 Å². The van der Waals surface area contributed by atoms with Crippen LogP contribution in [0.2, 0.25) is 0 Å². The molecule has 0 saturated carbocycles. The first-order chi connectivity index (χ1) is 36.7. The smallest absolute Gasteiger partial charge is 0.220 e. The molecule has 74 heavy (non-hydrogen) atoms. The second kappa shape index (κ2) is 28.7. The molecule has 12 heteroatoms. The Morgan fingerprint density at radius 2 is 0.568 bits per heavy atom. The summed E-state index contributed by atoms with van der Waals surface area (Å²) in [5.41, 5.74) is 6.89. The number of benzene rings is 7. The third kappa shape index (κ3) is 15.6. The van der Waals surface area contributed by atoms with E-state index in [0.29, 0.717) is 13.2 Å². The molecule has 0 amide bonds. The van der Waals surface area contributed by atoms with E-state index < -0.39 is 61.4 Å². The van der Waals surface area contributed by atoms with Crippen molar-refractivity contribution in [3.63, 3.8) is 0 Å². The Kier molecular flexibility index (Phi) is 20.5. The first-order valence-corrected chi connectivity index (χ1v) is 25.3. The van der Waals surface area contributed by atoms with Gasteiger partial charge in [0.05, 0.1) is 52.9 Å². The third-order valence-electron chi connectivity index (χ3n) is 12.9. The molecule has 0 N–H and O–H groups in total. The maximum atomic E-state index is 6.94. The topological polar surface area (TPSA) is 111 Å². The Morgan fingerprint density at radius 1 is 0.297 bits per heavy atom. The summed E-state index contributed by atoms with van der Waals surface area (Å²) >= 11 is 0. The summed E-state index contributed by atoms with van der Waals surface area (Å²) in [5, 5.41) is 0. The van der Waals surface area contributed by atoms with E-state index in [1.165, 1.54) is 0 Å². The van der Waals surface area contributed by atoms with Crippen LogP contribution in [0.1, 0.15) is 38.9 Å². The summed E-state index contributed by atoms with van der Waals surface area (Å²) in [6.07, 6.45) is -7.90. The molecule has 2 saturated heterocycles. The van der Waals surface area contributed by atoms with Gasteiger partial charge >= 0.3 is 0 Å². The minimum absolute atomic E-state index is 0.125. The first-order valence-electron chi connectivity index (χ1n) is 25.3. The SMILES string of the molecule is CO[C@H]1O[C@H](COOC2O[C@H](COCc3ccccc3)[C@@H](OCc3ccccc3)[C@H](OCc3ccccc3)[C@@H]2OCc2ccccc2)[C@@H](OCc2ccccc2)[C@H](OCc2ccccc2)[C@H]1OCc1ccccc1. The fraction of sp³-hybridized carbons (Fsp3) is 0.323. The zero-order valence-corrected chi connectivity index (χ0v) is 41.7. The van der Waals surface area contributed by atoms with Gasteiger partial charge in [-0.2, -0.15) is 0 Å². The zero-order valence-electron chi connectivity index (χ0n) is 41.7. The van der Waals surface area contributed by atoms with Gasteiger partial charge in [-0.1, -0.05) is 212 Å². The highest BCUT2D eigenvalue weighted by Gasteiger charge is 2.52. The molecule has 2 aliphatic heterocycles. The lowest BCUT2D eigenvalue weighted by atomic mass is 9.97. The number of ether oxygens (including phenoxy) is 10. The molecular weight excluding hydrogens is 937 g/mol.